The molecule has 0 aromatic heterocycles. The van der Waals surface area contributed by atoms with E-state index in [-0.39, 0.29) is 6.79 Å². The second-order valence-corrected chi connectivity index (χ2v) is 3.47. The van der Waals surface area contributed by atoms with Crippen LogP contribution in [0.25, 0.3) is 0 Å². The van der Waals surface area contributed by atoms with Crippen molar-refractivity contribution in [2.24, 2.45) is 5.10 Å². The number of nitrogens with one attached hydrogen (secondary N) is 2. The Morgan fingerprint density at radius 2 is 2.25 bits per heavy atom. The highest BCUT2D eigenvalue weighted by atomic mass is 32.1. The van der Waals surface area contributed by atoms with Crippen LogP contribution in [0.1, 0.15) is 5.56 Å². The minimum Gasteiger partial charge on any atom is -0.454 e. The van der Waals surface area contributed by atoms with Crippen molar-refractivity contribution in [2.75, 3.05) is 13.8 Å². The molecule has 2 N–H and O–H groups in total. The zero-order chi connectivity index (χ0) is 11.4. The van der Waals surface area contributed by atoms with Crippen molar-refractivity contribution in [3.05, 3.63) is 23.8 Å². The fourth-order valence-corrected chi connectivity index (χ4v) is 1.27. The molecule has 0 fully saturated rings. The summed E-state index contributed by atoms with van der Waals surface area (Å²) in [6.45, 7) is 0.276. The van der Waals surface area contributed by atoms with Crippen molar-refractivity contribution in [3.8, 4) is 11.5 Å². The van der Waals surface area contributed by atoms with Crippen LogP contribution in [0, 0.1) is 0 Å². The summed E-state index contributed by atoms with van der Waals surface area (Å²) in [6, 6.07) is 5.59. The zero-order valence-electron chi connectivity index (χ0n) is 8.69. The summed E-state index contributed by atoms with van der Waals surface area (Å²) in [5, 5.41) is 7.19. The molecule has 16 heavy (non-hydrogen) atoms. The van der Waals surface area contributed by atoms with Gasteiger partial charge in [0.2, 0.25) is 6.79 Å². The van der Waals surface area contributed by atoms with E-state index in [1.807, 2.05) is 18.2 Å². The standard InChI is InChI=1S/C10H11N3O2S/c1-11-10(16)13-12-5-7-2-3-8-9(4-7)15-6-14-8/h2-5H,6H2,1H3,(H2,11,13,16). The average molecular weight is 237 g/mol. The van der Waals surface area contributed by atoms with Crippen LogP contribution in [0.2, 0.25) is 0 Å². The lowest BCUT2D eigenvalue weighted by Crippen LogP contribution is -2.28. The molecule has 84 valence electrons. The lowest BCUT2D eigenvalue weighted by atomic mass is 10.2. The Bertz CT molecular complexity index is 434. The van der Waals surface area contributed by atoms with Gasteiger partial charge in [-0.3, -0.25) is 5.43 Å². The molecule has 0 spiro atoms. The van der Waals surface area contributed by atoms with Crippen molar-refractivity contribution >= 4 is 23.5 Å². The van der Waals surface area contributed by atoms with E-state index in [1.54, 1.807) is 13.3 Å². The van der Waals surface area contributed by atoms with Gasteiger partial charge in [-0.25, -0.2) is 0 Å². The van der Waals surface area contributed by atoms with Gasteiger partial charge in [0.1, 0.15) is 0 Å². The summed E-state index contributed by atoms with van der Waals surface area (Å²) in [5.74, 6) is 1.50. The first-order valence-corrected chi connectivity index (χ1v) is 5.11. The first-order chi connectivity index (χ1) is 7.79. The maximum absolute atomic E-state index is 5.25. The SMILES string of the molecule is CNC(=S)NN=Cc1ccc2c(c1)OCO2. The van der Waals surface area contributed by atoms with Crippen LogP contribution in [0.3, 0.4) is 0 Å². The second-order valence-electron chi connectivity index (χ2n) is 3.06. The van der Waals surface area contributed by atoms with E-state index in [9.17, 15) is 0 Å². The van der Waals surface area contributed by atoms with E-state index in [0.717, 1.165) is 17.1 Å². The third kappa shape index (κ3) is 2.40. The Hall–Kier alpha value is -1.82. The molecule has 0 bridgehead atoms. The van der Waals surface area contributed by atoms with Crippen LogP contribution in [0.5, 0.6) is 11.5 Å². The molecule has 1 aliphatic heterocycles. The molecule has 0 amide bonds. The van der Waals surface area contributed by atoms with Gasteiger partial charge in [0.25, 0.3) is 0 Å². The molecular formula is C10H11N3O2S. The van der Waals surface area contributed by atoms with Crippen molar-refractivity contribution in [1.82, 2.24) is 10.7 Å². The molecule has 1 aliphatic rings. The Morgan fingerprint density at radius 1 is 1.44 bits per heavy atom. The van der Waals surface area contributed by atoms with Gasteiger partial charge in [0, 0.05) is 7.05 Å². The van der Waals surface area contributed by atoms with Gasteiger partial charge in [0.05, 0.1) is 6.21 Å². The monoisotopic (exact) mass is 237 g/mol. The average Bonchev–Trinajstić information content (AvgIpc) is 2.76. The zero-order valence-corrected chi connectivity index (χ0v) is 9.50. The van der Waals surface area contributed by atoms with Gasteiger partial charge in [-0.2, -0.15) is 5.10 Å². The number of hydrazone groups is 1. The largest absolute Gasteiger partial charge is 0.454 e. The number of thiocarbonyl (C=S) groups is 1. The molecular weight excluding hydrogens is 226 g/mol. The van der Waals surface area contributed by atoms with Gasteiger partial charge in [-0.15, -0.1) is 0 Å². The van der Waals surface area contributed by atoms with E-state index in [4.69, 9.17) is 21.7 Å². The van der Waals surface area contributed by atoms with Crippen LogP contribution >= 0.6 is 12.2 Å². The minimum atomic E-state index is 0.276. The molecule has 0 atom stereocenters. The topological polar surface area (TPSA) is 54.9 Å². The number of nitrogens with zero attached hydrogens (tertiary/aromatic N) is 1. The molecule has 0 radical (unpaired) electrons. The first kappa shape index (κ1) is 10.7. The molecule has 0 aliphatic carbocycles. The number of hydrogen-bond donors (Lipinski definition) is 2. The van der Waals surface area contributed by atoms with Crippen LogP contribution in [-0.4, -0.2) is 25.2 Å². The summed E-state index contributed by atoms with van der Waals surface area (Å²) >= 11 is 4.87. The third-order valence-corrected chi connectivity index (χ3v) is 2.30. The van der Waals surface area contributed by atoms with E-state index < -0.39 is 0 Å². The predicted molar refractivity (Wildman–Crippen MR) is 65.0 cm³/mol. The number of ether oxygens (including phenoxy) is 2. The smallest absolute Gasteiger partial charge is 0.231 e. The van der Waals surface area contributed by atoms with Crippen molar-refractivity contribution in [1.29, 1.82) is 0 Å². The summed E-state index contributed by atoms with van der Waals surface area (Å²) in [6.07, 6.45) is 1.66. The predicted octanol–water partition coefficient (Wildman–Crippen LogP) is 0.843. The van der Waals surface area contributed by atoms with Crippen LogP contribution < -0.4 is 20.2 Å². The fraction of sp³-hybridized carbons (Fsp3) is 0.200. The van der Waals surface area contributed by atoms with Crippen LogP contribution in [0.4, 0.5) is 0 Å². The van der Waals surface area contributed by atoms with Gasteiger partial charge in [-0.1, -0.05) is 0 Å². The molecule has 1 aromatic rings. The van der Waals surface area contributed by atoms with Crippen LogP contribution in [0.15, 0.2) is 23.3 Å². The van der Waals surface area contributed by atoms with E-state index in [2.05, 4.69) is 15.8 Å². The Morgan fingerprint density at radius 3 is 3.06 bits per heavy atom. The number of benzene rings is 1. The summed E-state index contributed by atoms with van der Waals surface area (Å²) in [5.41, 5.74) is 3.58. The van der Waals surface area contributed by atoms with Crippen molar-refractivity contribution < 1.29 is 9.47 Å². The van der Waals surface area contributed by atoms with E-state index in [0.29, 0.717) is 5.11 Å². The summed E-state index contributed by atoms with van der Waals surface area (Å²) in [7, 11) is 1.73. The maximum Gasteiger partial charge on any atom is 0.231 e. The normalized spacial score (nSPS) is 12.8. The lowest BCUT2D eigenvalue weighted by molar-refractivity contribution is 0.174. The van der Waals surface area contributed by atoms with Crippen LogP contribution in [-0.2, 0) is 0 Å². The highest BCUT2D eigenvalue weighted by Gasteiger charge is 2.12. The second kappa shape index (κ2) is 4.80. The van der Waals surface area contributed by atoms with Gasteiger partial charge >= 0.3 is 0 Å². The highest BCUT2D eigenvalue weighted by Crippen LogP contribution is 2.31. The number of rotatable bonds is 2. The number of hydrogen-bond acceptors (Lipinski definition) is 4. The van der Waals surface area contributed by atoms with Gasteiger partial charge in [0.15, 0.2) is 16.6 Å². The fourth-order valence-electron chi connectivity index (χ4n) is 1.21. The Kier molecular flexibility index (Phi) is 3.21. The highest BCUT2D eigenvalue weighted by molar-refractivity contribution is 7.80. The number of fused-ring (bicyclic) bond motifs is 1. The molecule has 5 nitrogen and oxygen atoms in total. The molecule has 1 aromatic carbocycles. The summed E-state index contributed by atoms with van der Waals surface area (Å²) < 4.78 is 10.4. The van der Waals surface area contributed by atoms with Crippen molar-refractivity contribution in [2.45, 2.75) is 0 Å². The van der Waals surface area contributed by atoms with Crippen molar-refractivity contribution in [3.63, 3.8) is 0 Å². The minimum absolute atomic E-state index is 0.276. The maximum atomic E-state index is 5.25. The third-order valence-electron chi connectivity index (χ3n) is 2.00. The first-order valence-electron chi connectivity index (χ1n) is 4.70. The van der Waals surface area contributed by atoms with E-state index in [1.165, 1.54) is 0 Å². The molecule has 0 saturated carbocycles. The summed E-state index contributed by atoms with van der Waals surface area (Å²) in [4.78, 5) is 0. The Balaban J connectivity index is 2.02. The quantitative estimate of drug-likeness (QED) is 0.453. The molecule has 0 unspecified atom stereocenters. The van der Waals surface area contributed by atoms with Gasteiger partial charge in [-0.05, 0) is 36.0 Å². The molecule has 2 rings (SSSR count). The Labute approximate surface area is 98.4 Å². The molecule has 0 saturated heterocycles. The van der Waals surface area contributed by atoms with E-state index >= 15 is 0 Å². The molecule has 6 heteroatoms. The molecule has 1 heterocycles. The van der Waals surface area contributed by atoms with Gasteiger partial charge < -0.3 is 14.8 Å². The lowest BCUT2D eigenvalue weighted by Gasteiger charge is -2.00.